The second-order valence-corrected chi connectivity index (χ2v) is 3.88. The number of hydrogen-bond donors (Lipinski definition) is 1. The average Bonchev–Trinajstić information content (AvgIpc) is 2.00. The number of halogens is 5. The quantitative estimate of drug-likeness (QED) is 0.856. The molecule has 82 valence electrons. The zero-order valence-corrected chi connectivity index (χ0v) is 9.24. The molecule has 0 aliphatic rings. The van der Waals surface area contributed by atoms with Crippen LogP contribution in [0, 0.1) is 0 Å². The lowest BCUT2D eigenvalue weighted by molar-refractivity contribution is -0.137. The summed E-state index contributed by atoms with van der Waals surface area (Å²) in [4.78, 5) is 10.6. The number of aromatic carboxylic acids is 1. The minimum Gasteiger partial charge on any atom is -0.478 e. The van der Waals surface area contributed by atoms with E-state index in [4.69, 9.17) is 16.7 Å². The summed E-state index contributed by atoms with van der Waals surface area (Å²) in [5.74, 6) is -1.45. The van der Waals surface area contributed by atoms with Gasteiger partial charge in [-0.25, -0.2) is 4.79 Å². The van der Waals surface area contributed by atoms with Gasteiger partial charge in [0.15, 0.2) is 0 Å². The number of hydrogen-bond acceptors (Lipinski definition) is 1. The zero-order chi connectivity index (χ0) is 11.8. The Morgan fingerprint density at radius 1 is 1.40 bits per heavy atom. The van der Waals surface area contributed by atoms with Crippen LogP contribution in [0.4, 0.5) is 13.2 Å². The highest BCUT2D eigenvalue weighted by molar-refractivity contribution is 9.10. The molecule has 1 aromatic carbocycles. The van der Waals surface area contributed by atoms with Gasteiger partial charge in [-0.1, -0.05) is 11.6 Å². The van der Waals surface area contributed by atoms with E-state index in [2.05, 4.69) is 15.9 Å². The Balaban J connectivity index is 3.43. The Kier molecular flexibility index (Phi) is 3.30. The van der Waals surface area contributed by atoms with Crippen molar-refractivity contribution >= 4 is 33.5 Å². The van der Waals surface area contributed by atoms with Gasteiger partial charge in [-0.15, -0.1) is 0 Å². The lowest BCUT2D eigenvalue weighted by Gasteiger charge is -2.10. The van der Waals surface area contributed by atoms with E-state index in [-0.39, 0.29) is 4.47 Å². The van der Waals surface area contributed by atoms with Gasteiger partial charge in [-0.05, 0) is 28.1 Å². The molecule has 0 saturated heterocycles. The zero-order valence-electron chi connectivity index (χ0n) is 6.90. The molecule has 0 amide bonds. The fourth-order valence-corrected chi connectivity index (χ4v) is 1.85. The summed E-state index contributed by atoms with van der Waals surface area (Å²) in [5, 5.41) is 8.06. The number of carboxylic acids is 1. The third-order valence-corrected chi connectivity index (χ3v) is 2.56. The van der Waals surface area contributed by atoms with Crippen LogP contribution >= 0.6 is 27.5 Å². The SMILES string of the molecule is O=C(O)c1cc(C(F)(F)F)c(Cl)cc1Br. The van der Waals surface area contributed by atoms with E-state index in [0.717, 1.165) is 6.07 Å². The minimum atomic E-state index is -4.66. The molecule has 1 N–H and O–H groups in total. The van der Waals surface area contributed by atoms with E-state index >= 15 is 0 Å². The molecule has 15 heavy (non-hydrogen) atoms. The normalized spacial score (nSPS) is 11.5. The van der Waals surface area contributed by atoms with Crippen molar-refractivity contribution in [1.29, 1.82) is 0 Å². The fraction of sp³-hybridized carbons (Fsp3) is 0.125. The average molecular weight is 303 g/mol. The van der Waals surface area contributed by atoms with Crippen LogP contribution in [0.15, 0.2) is 16.6 Å². The van der Waals surface area contributed by atoms with Gasteiger partial charge in [0, 0.05) is 4.47 Å². The van der Waals surface area contributed by atoms with E-state index in [1.807, 2.05) is 0 Å². The van der Waals surface area contributed by atoms with Gasteiger partial charge in [-0.2, -0.15) is 13.2 Å². The van der Waals surface area contributed by atoms with E-state index < -0.39 is 28.3 Å². The first kappa shape index (κ1) is 12.3. The van der Waals surface area contributed by atoms with E-state index in [9.17, 15) is 18.0 Å². The molecule has 0 atom stereocenters. The molecule has 1 rings (SSSR count). The number of carbonyl (C=O) groups is 1. The van der Waals surface area contributed by atoms with Gasteiger partial charge in [0.2, 0.25) is 0 Å². The van der Waals surface area contributed by atoms with Crippen molar-refractivity contribution in [1.82, 2.24) is 0 Å². The molecule has 0 radical (unpaired) electrons. The molecule has 0 aliphatic carbocycles. The summed E-state index contributed by atoms with van der Waals surface area (Å²) >= 11 is 8.16. The summed E-state index contributed by atoms with van der Waals surface area (Å²) in [6, 6.07) is 1.41. The molecule has 2 nitrogen and oxygen atoms in total. The van der Waals surface area contributed by atoms with Crippen molar-refractivity contribution in [2.24, 2.45) is 0 Å². The Hall–Kier alpha value is -0.750. The highest BCUT2D eigenvalue weighted by Crippen LogP contribution is 2.37. The summed E-state index contributed by atoms with van der Waals surface area (Å²) in [5.41, 5.74) is -1.64. The molecule has 0 saturated carbocycles. The lowest BCUT2D eigenvalue weighted by Crippen LogP contribution is -2.09. The Labute approximate surface area is 95.8 Å². The number of rotatable bonds is 1. The van der Waals surface area contributed by atoms with Crippen molar-refractivity contribution in [2.45, 2.75) is 6.18 Å². The molecule has 0 heterocycles. The maximum Gasteiger partial charge on any atom is 0.417 e. The summed E-state index contributed by atoms with van der Waals surface area (Å²) in [7, 11) is 0. The number of benzene rings is 1. The van der Waals surface area contributed by atoms with Crippen LogP contribution in [0.25, 0.3) is 0 Å². The number of alkyl halides is 3. The highest BCUT2D eigenvalue weighted by Gasteiger charge is 2.34. The van der Waals surface area contributed by atoms with E-state index in [1.165, 1.54) is 0 Å². The van der Waals surface area contributed by atoms with Crippen LogP contribution < -0.4 is 0 Å². The Morgan fingerprint density at radius 3 is 2.33 bits per heavy atom. The molecule has 0 bridgehead atoms. The maximum atomic E-state index is 12.3. The topological polar surface area (TPSA) is 37.3 Å². The smallest absolute Gasteiger partial charge is 0.417 e. The molecule has 0 aliphatic heterocycles. The maximum absolute atomic E-state index is 12.3. The lowest BCUT2D eigenvalue weighted by atomic mass is 10.1. The molecule has 0 fully saturated rings. The third-order valence-electron chi connectivity index (χ3n) is 1.59. The first-order chi connectivity index (χ1) is 6.73. The first-order valence-electron chi connectivity index (χ1n) is 3.53. The molecular weight excluding hydrogens is 300 g/mol. The standard InChI is InChI=1S/C8H3BrClF3O2/c9-5-2-6(10)4(8(11,12)13)1-3(5)7(14)15/h1-2H,(H,14,15). The van der Waals surface area contributed by atoms with Crippen LogP contribution in [0.1, 0.15) is 15.9 Å². The largest absolute Gasteiger partial charge is 0.478 e. The van der Waals surface area contributed by atoms with Gasteiger partial charge in [0.1, 0.15) is 0 Å². The van der Waals surface area contributed by atoms with Gasteiger partial charge >= 0.3 is 12.1 Å². The van der Waals surface area contributed by atoms with Crippen LogP contribution in [0.3, 0.4) is 0 Å². The van der Waals surface area contributed by atoms with Crippen molar-refractivity contribution in [3.63, 3.8) is 0 Å². The molecule has 0 unspecified atom stereocenters. The van der Waals surface area contributed by atoms with Crippen molar-refractivity contribution in [2.75, 3.05) is 0 Å². The Morgan fingerprint density at radius 2 is 1.93 bits per heavy atom. The molecule has 7 heteroatoms. The second kappa shape index (κ2) is 4.02. The molecule has 1 aromatic rings. The van der Waals surface area contributed by atoms with Crippen LogP contribution in [0.2, 0.25) is 5.02 Å². The van der Waals surface area contributed by atoms with Crippen LogP contribution in [-0.4, -0.2) is 11.1 Å². The van der Waals surface area contributed by atoms with E-state index in [0.29, 0.717) is 6.07 Å². The first-order valence-corrected chi connectivity index (χ1v) is 4.70. The molecule has 0 spiro atoms. The van der Waals surface area contributed by atoms with Crippen LogP contribution in [0.5, 0.6) is 0 Å². The minimum absolute atomic E-state index is 0.00741. The molecule has 0 aromatic heterocycles. The number of carboxylic acid groups (broad SMARTS) is 1. The summed E-state index contributed by atoms with van der Waals surface area (Å²) < 4.78 is 37.0. The fourth-order valence-electron chi connectivity index (χ4n) is 0.930. The monoisotopic (exact) mass is 302 g/mol. The van der Waals surface area contributed by atoms with Gasteiger partial charge in [0.05, 0.1) is 16.1 Å². The summed E-state index contributed by atoms with van der Waals surface area (Å²) in [6.45, 7) is 0. The van der Waals surface area contributed by atoms with Gasteiger partial charge in [0.25, 0.3) is 0 Å². The highest BCUT2D eigenvalue weighted by atomic mass is 79.9. The third kappa shape index (κ3) is 2.63. The molecular formula is C8H3BrClF3O2. The predicted octanol–water partition coefficient (Wildman–Crippen LogP) is 3.82. The van der Waals surface area contributed by atoms with E-state index in [1.54, 1.807) is 0 Å². The second-order valence-electron chi connectivity index (χ2n) is 2.61. The predicted molar refractivity (Wildman–Crippen MR) is 51.1 cm³/mol. The van der Waals surface area contributed by atoms with Crippen molar-refractivity contribution in [3.05, 3.63) is 32.8 Å². The van der Waals surface area contributed by atoms with Gasteiger partial charge < -0.3 is 5.11 Å². The van der Waals surface area contributed by atoms with Crippen molar-refractivity contribution < 1.29 is 23.1 Å². The Bertz CT molecular complexity index is 417. The summed E-state index contributed by atoms with van der Waals surface area (Å²) in [6.07, 6.45) is -4.66. The van der Waals surface area contributed by atoms with Crippen molar-refractivity contribution in [3.8, 4) is 0 Å². The van der Waals surface area contributed by atoms with Crippen LogP contribution in [-0.2, 0) is 6.18 Å². The van der Waals surface area contributed by atoms with Gasteiger partial charge in [-0.3, -0.25) is 0 Å².